The van der Waals surface area contributed by atoms with Crippen LogP contribution in [0.3, 0.4) is 0 Å². The zero-order chi connectivity index (χ0) is 17.4. The summed E-state index contributed by atoms with van der Waals surface area (Å²) in [4.78, 5) is 22.7. The van der Waals surface area contributed by atoms with Crippen LogP contribution in [-0.4, -0.2) is 72.5 Å². The van der Waals surface area contributed by atoms with E-state index in [1.165, 1.54) is 11.0 Å². The van der Waals surface area contributed by atoms with E-state index >= 15 is 0 Å². The van der Waals surface area contributed by atoms with Gasteiger partial charge in [0.05, 0.1) is 12.2 Å². The van der Waals surface area contributed by atoms with Crippen molar-refractivity contribution in [1.82, 2.24) is 34.9 Å². The van der Waals surface area contributed by atoms with Gasteiger partial charge < -0.3 is 15.3 Å². The Balaban J connectivity index is 0.000000647. The minimum Gasteiger partial charge on any atom is -0.483 e. The van der Waals surface area contributed by atoms with Crippen LogP contribution in [0.4, 0.5) is 5.82 Å². The van der Waals surface area contributed by atoms with Gasteiger partial charge in [0.2, 0.25) is 5.91 Å². The number of amides is 1. The highest BCUT2D eigenvalue weighted by molar-refractivity contribution is 5.89. The molecule has 0 radical (unpaired) electrons. The van der Waals surface area contributed by atoms with E-state index in [-0.39, 0.29) is 18.9 Å². The molecule has 1 fully saturated rings. The maximum atomic E-state index is 12.0. The average Bonchev–Trinajstić information content (AvgIpc) is 3.21. The number of hydrogen-bond donors (Lipinski definition) is 2. The number of carbonyl (C=O) groups is 2. The second kappa shape index (κ2) is 8.72. The van der Waals surface area contributed by atoms with Crippen LogP contribution in [0.25, 0.3) is 0 Å². The highest BCUT2D eigenvalue weighted by Crippen LogP contribution is 2.24. The molecule has 0 unspecified atom stereocenters. The number of likely N-dealkylation sites (tertiary alicyclic amines) is 1. The van der Waals surface area contributed by atoms with Crippen LogP contribution in [0.5, 0.6) is 0 Å². The van der Waals surface area contributed by atoms with E-state index in [0.717, 1.165) is 31.7 Å². The minimum atomic E-state index is -0.250. The summed E-state index contributed by atoms with van der Waals surface area (Å²) < 4.78 is 3.29. The molecule has 0 atom stereocenters. The lowest BCUT2D eigenvalue weighted by Crippen LogP contribution is -2.32. The Labute approximate surface area is 138 Å². The second-order valence-electron chi connectivity index (χ2n) is 5.36. The Hall–Kier alpha value is -2.82. The van der Waals surface area contributed by atoms with Gasteiger partial charge in [0.25, 0.3) is 6.47 Å². The molecule has 1 aliphatic rings. The van der Waals surface area contributed by atoms with Crippen LogP contribution in [0, 0.1) is 0 Å². The molecule has 0 aromatic carbocycles. The van der Waals surface area contributed by atoms with E-state index in [9.17, 15) is 4.79 Å². The monoisotopic (exact) mass is 336 g/mol. The van der Waals surface area contributed by atoms with Crippen molar-refractivity contribution < 1.29 is 14.7 Å². The predicted molar refractivity (Wildman–Crippen MR) is 83.1 cm³/mol. The smallest absolute Gasteiger partial charge is 0.290 e. The first-order valence-corrected chi connectivity index (χ1v) is 7.44. The summed E-state index contributed by atoms with van der Waals surface area (Å²) in [6, 6.07) is 2.15. The molecular formula is C13H20N8O3. The molecule has 2 N–H and O–H groups in total. The third-order valence-corrected chi connectivity index (χ3v) is 3.67. The largest absolute Gasteiger partial charge is 0.483 e. The van der Waals surface area contributed by atoms with E-state index in [1.54, 1.807) is 6.20 Å². The Bertz CT molecular complexity index is 633. The molecule has 0 bridgehead atoms. The standard InChI is InChI=1S/C12H18N8O.CH2O2/c1-18-6-3-10(4-7-18)20-11(2-5-14-20)15-12(21)8-19-9-13-16-17-19;2-1-3/h2,5,9-10H,3-4,6-8H2,1H3,(H,15,21);1H,(H,2,3). The molecule has 3 rings (SSSR count). The van der Waals surface area contributed by atoms with E-state index in [2.05, 4.69) is 37.9 Å². The molecule has 0 saturated carbocycles. The van der Waals surface area contributed by atoms with Gasteiger partial charge >= 0.3 is 0 Å². The van der Waals surface area contributed by atoms with E-state index in [1.807, 2.05) is 10.7 Å². The lowest BCUT2D eigenvalue weighted by Gasteiger charge is -2.29. The molecule has 11 nitrogen and oxygen atoms in total. The number of hydrogen-bond acceptors (Lipinski definition) is 7. The molecule has 1 amide bonds. The zero-order valence-electron chi connectivity index (χ0n) is 13.3. The van der Waals surface area contributed by atoms with Crippen molar-refractivity contribution in [3.63, 3.8) is 0 Å². The highest BCUT2D eigenvalue weighted by Gasteiger charge is 2.21. The van der Waals surface area contributed by atoms with Gasteiger partial charge in [0.15, 0.2) is 0 Å². The first kappa shape index (κ1) is 17.5. The molecule has 1 saturated heterocycles. The molecule has 0 spiro atoms. The van der Waals surface area contributed by atoms with Crippen LogP contribution in [0.1, 0.15) is 18.9 Å². The lowest BCUT2D eigenvalue weighted by atomic mass is 10.1. The molecule has 24 heavy (non-hydrogen) atoms. The van der Waals surface area contributed by atoms with Gasteiger partial charge in [0.1, 0.15) is 18.7 Å². The van der Waals surface area contributed by atoms with Crippen molar-refractivity contribution in [2.75, 3.05) is 25.5 Å². The Morgan fingerprint density at radius 2 is 2.17 bits per heavy atom. The number of nitrogens with zero attached hydrogens (tertiary/aromatic N) is 7. The minimum absolute atomic E-state index is 0.0889. The number of tetrazole rings is 1. The van der Waals surface area contributed by atoms with Crippen LogP contribution in [0.15, 0.2) is 18.6 Å². The fourth-order valence-electron chi connectivity index (χ4n) is 2.53. The molecule has 0 aliphatic carbocycles. The number of nitrogens with one attached hydrogen (secondary N) is 1. The van der Waals surface area contributed by atoms with E-state index in [4.69, 9.17) is 9.90 Å². The summed E-state index contributed by atoms with van der Waals surface area (Å²) in [5, 5.41) is 24.8. The van der Waals surface area contributed by atoms with Gasteiger partial charge in [-0.05, 0) is 43.4 Å². The number of aromatic nitrogens is 6. The van der Waals surface area contributed by atoms with Crippen LogP contribution >= 0.6 is 0 Å². The van der Waals surface area contributed by atoms with Gasteiger partial charge in [-0.2, -0.15) is 5.10 Å². The van der Waals surface area contributed by atoms with Crippen molar-refractivity contribution in [2.45, 2.75) is 25.4 Å². The zero-order valence-corrected chi connectivity index (χ0v) is 13.3. The first-order valence-electron chi connectivity index (χ1n) is 7.44. The van der Waals surface area contributed by atoms with Gasteiger partial charge in [-0.1, -0.05) is 0 Å². The summed E-state index contributed by atoms with van der Waals surface area (Å²) in [6.07, 6.45) is 5.20. The Morgan fingerprint density at radius 1 is 1.46 bits per heavy atom. The Kier molecular flexibility index (Phi) is 6.37. The summed E-state index contributed by atoms with van der Waals surface area (Å²) in [6.45, 7) is 1.93. The number of piperidine rings is 1. The molecule has 130 valence electrons. The van der Waals surface area contributed by atoms with Gasteiger partial charge in [-0.15, -0.1) is 5.10 Å². The molecule has 2 aromatic heterocycles. The van der Waals surface area contributed by atoms with Crippen molar-refractivity contribution in [2.24, 2.45) is 0 Å². The van der Waals surface area contributed by atoms with Crippen molar-refractivity contribution in [3.8, 4) is 0 Å². The molecule has 11 heteroatoms. The van der Waals surface area contributed by atoms with E-state index in [0.29, 0.717) is 6.04 Å². The predicted octanol–water partition coefficient (Wildman–Crippen LogP) is -0.524. The number of carboxylic acid groups (broad SMARTS) is 1. The van der Waals surface area contributed by atoms with Gasteiger partial charge in [-0.25, -0.2) is 9.36 Å². The van der Waals surface area contributed by atoms with Crippen molar-refractivity contribution in [3.05, 3.63) is 18.6 Å². The molecule has 3 heterocycles. The topological polar surface area (TPSA) is 131 Å². The second-order valence-corrected chi connectivity index (χ2v) is 5.36. The third kappa shape index (κ3) is 4.84. The maximum absolute atomic E-state index is 12.0. The van der Waals surface area contributed by atoms with Gasteiger partial charge in [-0.3, -0.25) is 9.59 Å². The maximum Gasteiger partial charge on any atom is 0.290 e. The lowest BCUT2D eigenvalue weighted by molar-refractivity contribution is -0.123. The van der Waals surface area contributed by atoms with Crippen molar-refractivity contribution >= 4 is 18.2 Å². The fourth-order valence-corrected chi connectivity index (χ4v) is 2.53. The summed E-state index contributed by atoms with van der Waals surface area (Å²) in [5.74, 6) is 0.555. The quantitative estimate of drug-likeness (QED) is 0.713. The highest BCUT2D eigenvalue weighted by atomic mass is 16.3. The normalized spacial score (nSPS) is 15.4. The third-order valence-electron chi connectivity index (χ3n) is 3.67. The van der Waals surface area contributed by atoms with E-state index < -0.39 is 0 Å². The van der Waals surface area contributed by atoms with Crippen LogP contribution in [-0.2, 0) is 16.1 Å². The van der Waals surface area contributed by atoms with Crippen LogP contribution < -0.4 is 5.32 Å². The fraction of sp³-hybridized carbons (Fsp3) is 0.538. The SMILES string of the molecule is CN1CCC(n2nccc2NC(=O)Cn2cnnn2)CC1.O=CO. The summed E-state index contributed by atoms with van der Waals surface area (Å²) in [7, 11) is 2.12. The van der Waals surface area contributed by atoms with Crippen LogP contribution in [0.2, 0.25) is 0 Å². The average molecular weight is 336 g/mol. The molecule has 1 aliphatic heterocycles. The van der Waals surface area contributed by atoms with Gasteiger partial charge in [0, 0.05) is 6.07 Å². The summed E-state index contributed by atoms with van der Waals surface area (Å²) in [5.41, 5.74) is 0. The summed E-state index contributed by atoms with van der Waals surface area (Å²) >= 11 is 0. The van der Waals surface area contributed by atoms with Crippen molar-refractivity contribution in [1.29, 1.82) is 0 Å². The first-order chi connectivity index (χ1) is 11.6. The number of carbonyl (C=O) groups excluding carboxylic acids is 1. The number of anilines is 1. The molecular weight excluding hydrogens is 316 g/mol. The Morgan fingerprint density at radius 3 is 2.79 bits per heavy atom. The number of rotatable bonds is 4. The molecule has 2 aromatic rings.